The number of ether oxygens (including phenoxy) is 1. The zero-order chi connectivity index (χ0) is 23.8. The number of piperazine rings is 1. The summed E-state index contributed by atoms with van der Waals surface area (Å²) in [6.07, 6.45) is 5.39. The summed E-state index contributed by atoms with van der Waals surface area (Å²) >= 11 is 1.66. The van der Waals surface area contributed by atoms with Crippen molar-refractivity contribution in [2.45, 2.75) is 32.7 Å². The molecule has 1 saturated heterocycles. The van der Waals surface area contributed by atoms with E-state index < -0.39 is 0 Å². The topological polar surface area (TPSA) is 111 Å². The highest BCUT2D eigenvalue weighted by atomic mass is 32.1. The quantitative estimate of drug-likeness (QED) is 0.421. The number of pyridine rings is 1. The average Bonchev–Trinajstić information content (AvgIpc) is 3.57. The molecule has 0 aliphatic carbocycles. The van der Waals surface area contributed by atoms with Crippen LogP contribution in [0, 0.1) is 11.3 Å². The van der Waals surface area contributed by atoms with Gasteiger partial charge in [0.2, 0.25) is 0 Å². The van der Waals surface area contributed by atoms with E-state index in [1.54, 1.807) is 23.0 Å². The minimum atomic E-state index is 0.224. The molecule has 4 aromatic heterocycles. The Labute approximate surface area is 201 Å². The Morgan fingerprint density at radius 2 is 2.18 bits per heavy atom. The van der Waals surface area contributed by atoms with E-state index in [4.69, 9.17) is 20.1 Å². The highest BCUT2D eigenvalue weighted by molar-refractivity contribution is 7.18. The predicted octanol–water partition coefficient (Wildman–Crippen LogP) is 3.41. The van der Waals surface area contributed by atoms with E-state index in [9.17, 15) is 0 Å². The lowest BCUT2D eigenvalue weighted by Crippen LogP contribution is -2.51. The number of H-pyrrole nitrogens is 1. The molecule has 0 saturated carbocycles. The molecule has 176 valence electrons. The number of aromatic nitrogens is 6. The van der Waals surface area contributed by atoms with E-state index in [0.717, 1.165) is 52.2 Å². The molecule has 11 heteroatoms. The van der Waals surface area contributed by atoms with Crippen molar-refractivity contribution in [1.82, 2.24) is 34.7 Å². The number of aromatic amines is 1. The molecule has 0 spiro atoms. The molecule has 0 radical (unpaired) electrons. The second-order valence-electron chi connectivity index (χ2n) is 8.78. The van der Waals surface area contributed by atoms with Crippen LogP contribution in [0.5, 0.6) is 5.75 Å². The fourth-order valence-corrected chi connectivity index (χ4v) is 5.64. The van der Waals surface area contributed by atoms with Gasteiger partial charge in [-0.3, -0.25) is 10.00 Å². The number of nitriles is 1. The Hall–Kier alpha value is -3.49. The molecule has 1 aliphatic rings. The molecule has 1 fully saturated rings. The van der Waals surface area contributed by atoms with Gasteiger partial charge in [0.25, 0.3) is 0 Å². The maximum absolute atomic E-state index is 9.00. The molecular weight excluding hydrogens is 450 g/mol. The van der Waals surface area contributed by atoms with Gasteiger partial charge in [0.1, 0.15) is 22.0 Å². The SMILES string of the molecule is COc1cc(-c2[nH]nc(-c3ncc(N4CCN(CC#N)CC4C)s3)c2C(C)C)cn2ncnc12. The molecule has 0 aromatic carbocycles. The minimum absolute atomic E-state index is 0.224. The van der Waals surface area contributed by atoms with Crippen molar-refractivity contribution in [3.05, 3.63) is 30.4 Å². The average molecular weight is 478 g/mol. The molecule has 1 N–H and O–H groups in total. The van der Waals surface area contributed by atoms with Crippen LogP contribution in [-0.2, 0) is 0 Å². The first-order valence-corrected chi connectivity index (χ1v) is 12.1. The maximum atomic E-state index is 9.00. The summed E-state index contributed by atoms with van der Waals surface area (Å²) in [4.78, 5) is 13.6. The maximum Gasteiger partial charge on any atom is 0.197 e. The van der Waals surface area contributed by atoms with Crippen LogP contribution in [0.4, 0.5) is 5.00 Å². The first-order chi connectivity index (χ1) is 16.5. The van der Waals surface area contributed by atoms with Gasteiger partial charge in [-0.2, -0.15) is 15.5 Å². The van der Waals surface area contributed by atoms with Crippen molar-refractivity contribution in [2.24, 2.45) is 0 Å². The number of anilines is 1. The number of hydrogen-bond acceptors (Lipinski definition) is 9. The molecule has 0 amide bonds. The van der Waals surface area contributed by atoms with Gasteiger partial charge in [0.15, 0.2) is 11.4 Å². The molecule has 1 aliphatic heterocycles. The van der Waals surface area contributed by atoms with Gasteiger partial charge >= 0.3 is 0 Å². The summed E-state index contributed by atoms with van der Waals surface area (Å²) in [7, 11) is 1.63. The Morgan fingerprint density at radius 3 is 2.91 bits per heavy atom. The van der Waals surface area contributed by atoms with Gasteiger partial charge in [-0.15, -0.1) is 0 Å². The molecule has 4 aromatic rings. The lowest BCUT2D eigenvalue weighted by Gasteiger charge is -2.39. The Balaban J connectivity index is 1.49. The van der Waals surface area contributed by atoms with Crippen molar-refractivity contribution in [3.63, 3.8) is 0 Å². The van der Waals surface area contributed by atoms with E-state index >= 15 is 0 Å². The van der Waals surface area contributed by atoms with Crippen LogP contribution < -0.4 is 9.64 Å². The number of hydrogen-bond donors (Lipinski definition) is 1. The number of rotatable bonds is 6. The molecule has 1 unspecified atom stereocenters. The zero-order valence-electron chi connectivity index (χ0n) is 19.7. The summed E-state index contributed by atoms with van der Waals surface area (Å²) in [6.45, 7) is 9.62. The Morgan fingerprint density at radius 1 is 1.32 bits per heavy atom. The van der Waals surface area contributed by atoms with Crippen LogP contribution in [0.2, 0.25) is 0 Å². The molecule has 1 atom stereocenters. The monoisotopic (exact) mass is 477 g/mol. The Kier molecular flexibility index (Phi) is 5.93. The first kappa shape index (κ1) is 22.3. The van der Waals surface area contributed by atoms with Gasteiger partial charge in [-0.05, 0) is 18.9 Å². The van der Waals surface area contributed by atoms with Gasteiger partial charge in [-0.25, -0.2) is 14.5 Å². The first-order valence-electron chi connectivity index (χ1n) is 11.3. The second-order valence-corrected chi connectivity index (χ2v) is 9.79. The third-order valence-corrected chi connectivity index (χ3v) is 7.26. The van der Waals surface area contributed by atoms with E-state index in [1.165, 1.54) is 6.33 Å². The van der Waals surface area contributed by atoms with Gasteiger partial charge in [0, 0.05) is 43.0 Å². The number of nitrogens with one attached hydrogen (secondary N) is 1. The van der Waals surface area contributed by atoms with Gasteiger partial charge < -0.3 is 9.64 Å². The van der Waals surface area contributed by atoms with Crippen LogP contribution in [0.15, 0.2) is 24.8 Å². The summed E-state index contributed by atoms with van der Waals surface area (Å²) < 4.78 is 7.26. The molecular formula is C23H27N9OS. The molecule has 5 rings (SSSR count). The predicted molar refractivity (Wildman–Crippen MR) is 131 cm³/mol. The van der Waals surface area contributed by atoms with E-state index in [1.807, 2.05) is 18.5 Å². The Bertz CT molecular complexity index is 1350. The third-order valence-electron chi connectivity index (χ3n) is 6.22. The molecule has 5 heterocycles. The number of fused-ring (bicyclic) bond motifs is 1. The van der Waals surface area contributed by atoms with Crippen molar-refractivity contribution >= 4 is 22.0 Å². The fraction of sp³-hybridized carbons (Fsp3) is 0.435. The highest BCUT2D eigenvalue weighted by Gasteiger charge is 2.27. The smallest absolute Gasteiger partial charge is 0.197 e. The third kappa shape index (κ3) is 3.89. The van der Waals surface area contributed by atoms with E-state index in [0.29, 0.717) is 24.0 Å². The number of nitrogens with zero attached hydrogens (tertiary/aromatic N) is 8. The highest BCUT2D eigenvalue weighted by Crippen LogP contribution is 2.40. The normalized spacial score (nSPS) is 16.9. The van der Waals surface area contributed by atoms with Crippen LogP contribution >= 0.6 is 11.3 Å². The van der Waals surface area contributed by atoms with E-state index in [2.05, 4.69) is 51.8 Å². The molecule has 0 bridgehead atoms. The van der Waals surface area contributed by atoms with Crippen molar-refractivity contribution in [2.75, 3.05) is 38.2 Å². The van der Waals surface area contributed by atoms with Crippen molar-refractivity contribution < 1.29 is 4.74 Å². The summed E-state index contributed by atoms with van der Waals surface area (Å²) in [6, 6.07) is 4.53. The standard InChI is InChI=1S/C23H27N9OS/c1-14(2)19-20(16-9-17(33-4)22-26-13-27-32(22)12-16)28-29-21(19)23-25-10-18(34-23)31-8-7-30(6-5-24)11-15(31)3/h9-10,12-15H,6-8,11H2,1-4H3,(H,28,29). The second kappa shape index (κ2) is 9.04. The van der Waals surface area contributed by atoms with Gasteiger partial charge in [-0.1, -0.05) is 25.2 Å². The van der Waals surface area contributed by atoms with Gasteiger partial charge in [0.05, 0.1) is 31.6 Å². The lowest BCUT2D eigenvalue weighted by atomic mass is 9.97. The summed E-state index contributed by atoms with van der Waals surface area (Å²) in [5, 5.41) is 23.2. The molecule has 10 nitrogen and oxygen atoms in total. The van der Waals surface area contributed by atoms with Crippen LogP contribution in [0.1, 0.15) is 32.3 Å². The zero-order valence-corrected chi connectivity index (χ0v) is 20.5. The minimum Gasteiger partial charge on any atom is -0.493 e. The largest absolute Gasteiger partial charge is 0.493 e. The number of methoxy groups -OCH3 is 1. The van der Waals surface area contributed by atoms with Crippen LogP contribution in [0.3, 0.4) is 0 Å². The van der Waals surface area contributed by atoms with E-state index in [-0.39, 0.29) is 5.92 Å². The van der Waals surface area contributed by atoms with Crippen molar-refractivity contribution in [1.29, 1.82) is 5.26 Å². The lowest BCUT2D eigenvalue weighted by molar-refractivity contribution is 0.254. The summed E-state index contributed by atoms with van der Waals surface area (Å²) in [5.74, 6) is 0.879. The fourth-order valence-electron chi connectivity index (χ4n) is 4.59. The summed E-state index contributed by atoms with van der Waals surface area (Å²) in [5.41, 5.74) is 4.50. The number of thiazole rings is 1. The van der Waals surface area contributed by atoms with Crippen molar-refractivity contribution in [3.8, 4) is 33.8 Å². The van der Waals surface area contributed by atoms with Crippen LogP contribution in [0.25, 0.3) is 27.6 Å². The van der Waals surface area contributed by atoms with Crippen LogP contribution in [-0.4, -0.2) is 74.0 Å². The molecule has 34 heavy (non-hydrogen) atoms.